The van der Waals surface area contributed by atoms with Gasteiger partial charge in [-0.1, -0.05) is 17.7 Å². The molecule has 18 heavy (non-hydrogen) atoms. The minimum Gasteiger partial charge on any atom is -0.320 e. The maximum atomic E-state index is 12.0. The molecular formula is C10H15BrCl2N2O2S. The standard InChI is InChI=1S/C10H14BrClN2O2S.ClH/c1-13-6-3-7-14-17(15,16)10-8(11)4-2-5-9(10)12;/h2,4-5,13-14H,3,6-7H2,1H3;1H. The summed E-state index contributed by atoms with van der Waals surface area (Å²) in [5.41, 5.74) is 0. The first-order valence-corrected chi connectivity index (χ1v) is 7.72. The molecule has 0 saturated carbocycles. The smallest absolute Gasteiger partial charge is 0.243 e. The Hall–Kier alpha value is 0.150. The van der Waals surface area contributed by atoms with Crippen molar-refractivity contribution in [3.8, 4) is 0 Å². The molecule has 0 aliphatic rings. The lowest BCUT2D eigenvalue weighted by molar-refractivity contribution is 0.577. The molecule has 8 heteroatoms. The predicted molar refractivity (Wildman–Crippen MR) is 80.1 cm³/mol. The van der Waals surface area contributed by atoms with Crippen LogP contribution in [0, 0.1) is 0 Å². The minimum atomic E-state index is -3.56. The second-order valence-corrected chi connectivity index (χ2v) is 6.37. The first-order chi connectivity index (χ1) is 7.99. The van der Waals surface area contributed by atoms with E-state index in [1.54, 1.807) is 18.2 Å². The number of rotatable bonds is 6. The molecule has 0 aliphatic carbocycles. The molecule has 0 radical (unpaired) electrons. The third-order valence-corrected chi connectivity index (χ3v) is 5.00. The van der Waals surface area contributed by atoms with E-state index in [4.69, 9.17) is 11.6 Å². The number of benzene rings is 1. The highest BCUT2D eigenvalue weighted by atomic mass is 79.9. The van der Waals surface area contributed by atoms with Crippen LogP contribution in [0.4, 0.5) is 0 Å². The molecule has 0 bridgehead atoms. The van der Waals surface area contributed by atoms with Gasteiger partial charge in [-0.15, -0.1) is 12.4 Å². The Bertz CT molecular complexity index is 463. The third kappa shape index (κ3) is 5.03. The highest BCUT2D eigenvalue weighted by Gasteiger charge is 2.20. The van der Waals surface area contributed by atoms with Crippen molar-refractivity contribution in [3.63, 3.8) is 0 Å². The summed E-state index contributed by atoms with van der Waals surface area (Å²) in [6.07, 6.45) is 0.720. The maximum absolute atomic E-state index is 12.0. The lowest BCUT2D eigenvalue weighted by Crippen LogP contribution is -2.27. The fourth-order valence-corrected chi connectivity index (χ4v) is 4.09. The molecule has 0 saturated heterocycles. The lowest BCUT2D eigenvalue weighted by atomic mass is 10.4. The molecule has 1 rings (SSSR count). The molecule has 0 aliphatic heterocycles. The van der Waals surface area contributed by atoms with Crippen molar-refractivity contribution in [1.29, 1.82) is 0 Å². The van der Waals surface area contributed by atoms with E-state index in [0.717, 1.165) is 13.0 Å². The van der Waals surface area contributed by atoms with Crippen molar-refractivity contribution in [2.45, 2.75) is 11.3 Å². The van der Waals surface area contributed by atoms with E-state index in [0.29, 0.717) is 11.0 Å². The molecule has 0 unspecified atom stereocenters. The van der Waals surface area contributed by atoms with E-state index in [9.17, 15) is 8.42 Å². The van der Waals surface area contributed by atoms with Crippen LogP contribution < -0.4 is 10.0 Å². The molecule has 4 nitrogen and oxygen atoms in total. The van der Waals surface area contributed by atoms with Crippen LogP contribution in [0.1, 0.15) is 6.42 Å². The van der Waals surface area contributed by atoms with Gasteiger partial charge in [0, 0.05) is 11.0 Å². The van der Waals surface area contributed by atoms with Crippen molar-refractivity contribution in [2.24, 2.45) is 0 Å². The second kappa shape index (κ2) is 8.35. The van der Waals surface area contributed by atoms with Crippen LogP contribution in [0.5, 0.6) is 0 Å². The Labute approximate surface area is 127 Å². The monoisotopic (exact) mass is 376 g/mol. The quantitative estimate of drug-likeness (QED) is 0.748. The molecule has 1 aromatic rings. The predicted octanol–water partition coefficient (Wildman–Crippen LogP) is 2.41. The van der Waals surface area contributed by atoms with Crippen LogP contribution in [0.3, 0.4) is 0 Å². The van der Waals surface area contributed by atoms with Crippen molar-refractivity contribution in [3.05, 3.63) is 27.7 Å². The summed E-state index contributed by atoms with van der Waals surface area (Å²) in [7, 11) is -1.74. The molecule has 0 spiro atoms. The van der Waals surface area contributed by atoms with E-state index in [1.807, 2.05) is 7.05 Å². The van der Waals surface area contributed by atoms with Gasteiger partial charge in [0.05, 0.1) is 5.02 Å². The normalized spacial score (nSPS) is 11.1. The minimum absolute atomic E-state index is 0. The number of hydrogen-bond acceptors (Lipinski definition) is 3. The van der Waals surface area contributed by atoms with Crippen LogP contribution in [0.25, 0.3) is 0 Å². The molecule has 0 heterocycles. The average molecular weight is 378 g/mol. The Kier molecular flexibility index (Phi) is 8.42. The van der Waals surface area contributed by atoms with Crippen molar-refractivity contribution >= 4 is 50.0 Å². The zero-order chi connectivity index (χ0) is 12.9. The van der Waals surface area contributed by atoms with E-state index in [2.05, 4.69) is 26.0 Å². The van der Waals surface area contributed by atoms with Gasteiger partial charge in [-0.05, 0) is 48.1 Å². The van der Waals surface area contributed by atoms with Crippen molar-refractivity contribution in [1.82, 2.24) is 10.0 Å². The fourth-order valence-electron chi connectivity index (χ4n) is 1.28. The van der Waals surface area contributed by atoms with E-state index in [-0.39, 0.29) is 22.3 Å². The molecule has 0 atom stereocenters. The zero-order valence-electron chi connectivity index (χ0n) is 9.74. The maximum Gasteiger partial charge on any atom is 0.243 e. The summed E-state index contributed by atoms with van der Waals surface area (Å²) in [6.45, 7) is 1.13. The molecule has 0 fully saturated rings. The summed E-state index contributed by atoms with van der Waals surface area (Å²) < 4.78 is 27.0. The largest absolute Gasteiger partial charge is 0.320 e. The van der Waals surface area contributed by atoms with Gasteiger partial charge in [-0.25, -0.2) is 13.1 Å². The van der Waals surface area contributed by atoms with Crippen molar-refractivity contribution in [2.75, 3.05) is 20.1 Å². The molecule has 0 aromatic heterocycles. The number of sulfonamides is 1. The molecule has 2 N–H and O–H groups in total. The molecule has 1 aromatic carbocycles. The summed E-state index contributed by atoms with van der Waals surface area (Å²) in [4.78, 5) is 0.0890. The summed E-state index contributed by atoms with van der Waals surface area (Å²) >= 11 is 9.08. The Morgan fingerprint density at radius 2 is 2.00 bits per heavy atom. The van der Waals surface area contributed by atoms with Gasteiger partial charge >= 0.3 is 0 Å². The molecule has 0 amide bonds. The van der Waals surface area contributed by atoms with Gasteiger partial charge < -0.3 is 5.32 Å². The fraction of sp³-hybridized carbons (Fsp3) is 0.400. The summed E-state index contributed by atoms with van der Waals surface area (Å²) in [5, 5.41) is 3.16. The van der Waals surface area contributed by atoms with Gasteiger partial charge in [0.2, 0.25) is 10.0 Å². The van der Waals surface area contributed by atoms with Gasteiger partial charge in [0.15, 0.2) is 0 Å². The van der Waals surface area contributed by atoms with Crippen LogP contribution in [-0.4, -0.2) is 28.6 Å². The van der Waals surface area contributed by atoms with Gasteiger partial charge in [-0.3, -0.25) is 0 Å². The topological polar surface area (TPSA) is 58.2 Å². The van der Waals surface area contributed by atoms with E-state index in [1.165, 1.54) is 0 Å². The number of nitrogens with one attached hydrogen (secondary N) is 2. The van der Waals surface area contributed by atoms with Crippen LogP contribution >= 0.6 is 39.9 Å². The Balaban J connectivity index is 0.00000289. The first kappa shape index (κ1) is 18.1. The first-order valence-electron chi connectivity index (χ1n) is 5.07. The van der Waals surface area contributed by atoms with E-state index < -0.39 is 10.0 Å². The van der Waals surface area contributed by atoms with Crippen molar-refractivity contribution < 1.29 is 8.42 Å². The third-order valence-electron chi connectivity index (χ3n) is 2.08. The lowest BCUT2D eigenvalue weighted by Gasteiger charge is -2.09. The average Bonchev–Trinajstić information content (AvgIpc) is 2.24. The molecular weight excluding hydrogens is 363 g/mol. The molecule has 104 valence electrons. The SMILES string of the molecule is CNCCCNS(=O)(=O)c1c(Cl)cccc1Br.Cl. The van der Waals surface area contributed by atoms with Crippen LogP contribution in [-0.2, 0) is 10.0 Å². The van der Waals surface area contributed by atoms with E-state index >= 15 is 0 Å². The van der Waals surface area contributed by atoms with Gasteiger partial charge in [0.1, 0.15) is 4.90 Å². The second-order valence-electron chi connectivity index (χ2n) is 3.41. The Morgan fingerprint density at radius 3 is 2.56 bits per heavy atom. The number of halogens is 3. The van der Waals surface area contributed by atoms with Gasteiger partial charge in [0.25, 0.3) is 0 Å². The van der Waals surface area contributed by atoms with Gasteiger partial charge in [-0.2, -0.15) is 0 Å². The van der Waals surface area contributed by atoms with Crippen LogP contribution in [0.2, 0.25) is 5.02 Å². The summed E-state index contributed by atoms with van der Waals surface area (Å²) in [5.74, 6) is 0. The number of hydrogen-bond donors (Lipinski definition) is 2. The highest BCUT2D eigenvalue weighted by Crippen LogP contribution is 2.28. The Morgan fingerprint density at radius 1 is 1.33 bits per heavy atom. The summed E-state index contributed by atoms with van der Waals surface area (Å²) in [6, 6.07) is 4.88. The highest BCUT2D eigenvalue weighted by molar-refractivity contribution is 9.10. The zero-order valence-corrected chi connectivity index (χ0v) is 13.7. The van der Waals surface area contributed by atoms with Crippen LogP contribution in [0.15, 0.2) is 27.6 Å².